The fraction of sp³-hybridized carbons (Fsp3) is 0.963. The summed E-state index contributed by atoms with van der Waals surface area (Å²) in [5, 5.41) is 10.1. The average Bonchev–Trinajstić information content (AvgIpc) is 2.73. The summed E-state index contributed by atoms with van der Waals surface area (Å²) in [5.41, 5.74) is 0.0393. The van der Waals surface area contributed by atoms with Gasteiger partial charge in [-0.2, -0.15) is 5.26 Å². The third-order valence-electron chi connectivity index (χ3n) is 9.03. The predicted molar refractivity (Wildman–Crippen MR) is 120 cm³/mol. The molecular weight excluding hydrogens is 338 g/mol. The normalized spacial score (nSPS) is 37.7. The van der Waals surface area contributed by atoms with Gasteiger partial charge < -0.3 is 0 Å². The van der Waals surface area contributed by atoms with Crippen molar-refractivity contribution in [3.05, 3.63) is 0 Å². The van der Waals surface area contributed by atoms with Crippen LogP contribution in [0.15, 0.2) is 0 Å². The van der Waals surface area contributed by atoms with Crippen LogP contribution in [0, 0.1) is 46.3 Å². The minimum atomic E-state index is 0.0393. The van der Waals surface area contributed by atoms with E-state index in [2.05, 4.69) is 19.9 Å². The monoisotopic (exact) mass is 385 g/mol. The minimum Gasteiger partial charge on any atom is -0.198 e. The maximum atomic E-state index is 10.1. The van der Waals surface area contributed by atoms with Gasteiger partial charge >= 0.3 is 0 Å². The lowest BCUT2D eigenvalue weighted by molar-refractivity contribution is -0.0181. The zero-order chi connectivity index (χ0) is 19.8. The molecule has 0 aromatic carbocycles. The van der Waals surface area contributed by atoms with Gasteiger partial charge in [0.2, 0.25) is 0 Å². The Labute approximate surface area is 176 Å². The van der Waals surface area contributed by atoms with Crippen molar-refractivity contribution in [1.82, 2.24) is 0 Å². The molecule has 6 atom stereocenters. The first-order chi connectivity index (χ1) is 13.7. The van der Waals surface area contributed by atoms with E-state index in [-0.39, 0.29) is 5.41 Å². The van der Waals surface area contributed by atoms with E-state index in [4.69, 9.17) is 0 Å². The fourth-order valence-corrected chi connectivity index (χ4v) is 7.42. The molecular formula is C27H47N. The smallest absolute Gasteiger partial charge is 0.0689 e. The molecule has 0 N–H and O–H groups in total. The predicted octanol–water partition coefficient (Wildman–Crippen LogP) is 8.68. The van der Waals surface area contributed by atoms with Crippen molar-refractivity contribution in [2.75, 3.05) is 0 Å². The maximum absolute atomic E-state index is 10.1. The Hall–Kier alpha value is -0.510. The van der Waals surface area contributed by atoms with Gasteiger partial charge in [-0.05, 0) is 81.0 Å². The molecule has 0 aliphatic heterocycles. The number of rotatable bonds is 10. The number of nitrogens with zero attached hydrogens (tertiary/aromatic N) is 1. The van der Waals surface area contributed by atoms with Crippen LogP contribution < -0.4 is 0 Å². The summed E-state index contributed by atoms with van der Waals surface area (Å²) in [6.45, 7) is 4.61. The van der Waals surface area contributed by atoms with Crippen LogP contribution in [-0.4, -0.2) is 0 Å². The average molecular weight is 386 g/mol. The molecule has 0 saturated heterocycles. The highest BCUT2D eigenvalue weighted by Crippen LogP contribution is 2.57. The Balaban J connectivity index is 1.49. The second-order valence-corrected chi connectivity index (χ2v) is 10.9. The summed E-state index contributed by atoms with van der Waals surface area (Å²) in [5.74, 6) is 4.93. The van der Waals surface area contributed by atoms with Gasteiger partial charge in [0.25, 0.3) is 0 Å². The standard InChI is InChI=1S/C27H47N/c1-3-5-7-8-10-17-27(21-28)18-16-26-24(20-27)14-13-23-19-22(11-9-6-4-2)12-15-25(23)26/h22-26H,3-20H2,1-2H3/t22-,23?,24?,25?,26?,27+/m1/s1. The molecule has 0 spiro atoms. The SMILES string of the molecule is CCCCCCC[C@]1(C#N)CCC2C(CCC3C[C@H](CCCCC)CCC32)C1. The Bertz CT molecular complexity index is 491. The second-order valence-electron chi connectivity index (χ2n) is 10.9. The molecule has 0 heterocycles. The molecule has 4 unspecified atom stereocenters. The van der Waals surface area contributed by atoms with E-state index in [1.54, 1.807) is 6.42 Å². The van der Waals surface area contributed by atoms with Crippen LogP contribution >= 0.6 is 0 Å². The van der Waals surface area contributed by atoms with Gasteiger partial charge in [0.1, 0.15) is 0 Å². The van der Waals surface area contributed by atoms with Gasteiger partial charge in [0, 0.05) is 0 Å². The third kappa shape index (κ3) is 5.55. The van der Waals surface area contributed by atoms with E-state index in [0.717, 1.165) is 29.6 Å². The molecule has 3 rings (SSSR count). The Kier molecular flexibility index (Phi) is 8.74. The molecule has 1 nitrogen and oxygen atoms in total. The molecule has 0 aromatic rings. The van der Waals surface area contributed by atoms with Gasteiger partial charge in [-0.3, -0.25) is 0 Å². The largest absolute Gasteiger partial charge is 0.198 e. The van der Waals surface area contributed by atoms with E-state index in [0.29, 0.717) is 0 Å². The highest BCUT2D eigenvalue weighted by molar-refractivity contribution is 5.06. The van der Waals surface area contributed by atoms with E-state index >= 15 is 0 Å². The molecule has 28 heavy (non-hydrogen) atoms. The van der Waals surface area contributed by atoms with Crippen molar-refractivity contribution < 1.29 is 0 Å². The zero-order valence-corrected chi connectivity index (χ0v) is 19.1. The van der Waals surface area contributed by atoms with Crippen molar-refractivity contribution in [3.8, 4) is 6.07 Å². The molecule has 0 aromatic heterocycles. The minimum absolute atomic E-state index is 0.0393. The van der Waals surface area contributed by atoms with Crippen molar-refractivity contribution in [1.29, 1.82) is 5.26 Å². The van der Waals surface area contributed by atoms with Crippen LogP contribution in [0.1, 0.15) is 129 Å². The Morgan fingerprint density at radius 1 is 0.786 bits per heavy atom. The van der Waals surface area contributed by atoms with E-state index in [9.17, 15) is 5.26 Å². The highest BCUT2D eigenvalue weighted by atomic mass is 14.5. The summed E-state index contributed by atoms with van der Waals surface area (Å²) in [6, 6.07) is 2.85. The molecule has 0 amide bonds. The van der Waals surface area contributed by atoms with E-state index in [1.165, 1.54) is 109 Å². The second kappa shape index (κ2) is 11.0. The van der Waals surface area contributed by atoms with Gasteiger partial charge in [-0.15, -0.1) is 0 Å². The zero-order valence-electron chi connectivity index (χ0n) is 19.1. The number of hydrogen-bond acceptors (Lipinski definition) is 1. The number of unbranched alkanes of at least 4 members (excludes halogenated alkanes) is 6. The highest BCUT2D eigenvalue weighted by Gasteiger charge is 2.48. The van der Waals surface area contributed by atoms with Crippen LogP contribution in [0.4, 0.5) is 0 Å². The van der Waals surface area contributed by atoms with Crippen LogP contribution in [0.5, 0.6) is 0 Å². The summed E-state index contributed by atoms with van der Waals surface area (Å²) >= 11 is 0. The van der Waals surface area contributed by atoms with Crippen molar-refractivity contribution in [3.63, 3.8) is 0 Å². The van der Waals surface area contributed by atoms with Gasteiger partial charge in [0.05, 0.1) is 11.5 Å². The summed E-state index contributed by atoms with van der Waals surface area (Å²) < 4.78 is 0. The molecule has 3 saturated carbocycles. The molecule has 3 aliphatic rings. The summed E-state index contributed by atoms with van der Waals surface area (Å²) in [7, 11) is 0. The molecule has 0 bridgehead atoms. The van der Waals surface area contributed by atoms with E-state index < -0.39 is 0 Å². The number of hydrogen-bond donors (Lipinski definition) is 0. The lowest BCUT2D eigenvalue weighted by atomic mass is 9.52. The maximum Gasteiger partial charge on any atom is 0.0689 e. The van der Waals surface area contributed by atoms with Crippen molar-refractivity contribution in [2.24, 2.45) is 35.0 Å². The van der Waals surface area contributed by atoms with Crippen LogP contribution in [0.2, 0.25) is 0 Å². The van der Waals surface area contributed by atoms with Crippen LogP contribution in [0.25, 0.3) is 0 Å². The third-order valence-corrected chi connectivity index (χ3v) is 9.03. The summed E-state index contributed by atoms with van der Waals surface area (Å²) in [6.07, 6.45) is 24.9. The summed E-state index contributed by atoms with van der Waals surface area (Å²) in [4.78, 5) is 0. The first-order valence-electron chi connectivity index (χ1n) is 13.1. The molecule has 1 heteroatoms. The van der Waals surface area contributed by atoms with Crippen molar-refractivity contribution in [2.45, 2.75) is 129 Å². The van der Waals surface area contributed by atoms with Gasteiger partial charge in [-0.1, -0.05) is 78.1 Å². The first kappa shape index (κ1) is 22.2. The van der Waals surface area contributed by atoms with E-state index in [1.807, 2.05) is 0 Å². The Morgan fingerprint density at radius 3 is 2.29 bits per heavy atom. The number of fused-ring (bicyclic) bond motifs is 3. The molecule has 3 aliphatic carbocycles. The lowest BCUT2D eigenvalue weighted by Gasteiger charge is -2.52. The fourth-order valence-electron chi connectivity index (χ4n) is 7.42. The molecule has 0 radical (unpaired) electrons. The first-order valence-corrected chi connectivity index (χ1v) is 13.1. The molecule has 160 valence electrons. The number of nitriles is 1. The molecule has 3 fully saturated rings. The van der Waals surface area contributed by atoms with Crippen LogP contribution in [0.3, 0.4) is 0 Å². The van der Waals surface area contributed by atoms with Gasteiger partial charge in [-0.25, -0.2) is 0 Å². The Morgan fingerprint density at radius 2 is 1.50 bits per heavy atom. The van der Waals surface area contributed by atoms with Crippen LogP contribution in [-0.2, 0) is 0 Å². The lowest BCUT2D eigenvalue weighted by Crippen LogP contribution is -2.44. The van der Waals surface area contributed by atoms with Gasteiger partial charge in [0.15, 0.2) is 0 Å². The van der Waals surface area contributed by atoms with Crippen molar-refractivity contribution >= 4 is 0 Å². The topological polar surface area (TPSA) is 23.8 Å². The quantitative estimate of drug-likeness (QED) is 0.345.